The van der Waals surface area contributed by atoms with E-state index in [0.717, 1.165) is 49.2 Å². The first-order chi connectivity index (χ1) is 12.2. The van der Waals surface area contributed by atoms with Crippen molar-refractivity contribution >= 4 is 22.6 Å². The van der Waals surface area contributed by atoms with Gasteiger partial charge >= 0.3 is 0 Å². The number of ether oxygens (including phenoxy) is 2. The zero-order valence-corrected chi connectivity index (χ0v) is 14.2. The Morgan fingerprint density at radius 2 is 2.12 bits per heavy atom. The van der Waals surface area contributed by atoms with Crippen molar-refractivity contribution in [1.82, 2.24) is 9.97 Å². The van der Waals surface area contributed by atoms with Gasteiger partial charge in [0, 0.05) is 12.0 Å². The monoisotopic (exact) mass is 342 g/mol. The number of nitrogens with one attached hydrogen (secondary N) is 1. The van der Waals surface area contributed by atoms with E-state index in [2.05, 4.69) is 15.3 Å². The van der Waals surface area contributed by atoms with Crippen LogP contribution >= 0.6 is 0 Å². The van der Waals surface area contributed by atoms with E-state index >= 15 is 0 Å². The molecule has 0 bridgehead atoms. The molecule has 1 aliphatic heterocycles. The standard InChI is InChI=1S/C18H22N4O3/c1-24-15-7-6-12-16(22-15)17-13(8-20-12)21-9-14(25-17)10-2-4-11(5-3-10)18(19)23/h6-8,10-11,14,21H,2-5,9H2,1H3,(H2,19,23)/t10-,11-,14?. The molecule has 25 heavy (non-hydrogen) atoms. The number of anilines is 1. The van der Waals surface area contributed by atoms with Gasteiger partial charge in [-0.3, -0.25) is 9.78 Å². The molecule has 2 aromatic rings. The van der Waals surface area contributed by atoms with Crippen LogP contribution in [0.1, 0.15) is 25.7 Å². The molecule has 0 radical (unpaired) electrons. The lowest BCUT2D eigenvalue weighted by molar-refractivity contribution is -0.123. The van der Waals surface area contributed by atoms with Gasteiger partial charge in [0.2, 0.25) is 11.8 Å². The summed E-state index contributed by atoms with van der Waals surface area (Å²) in [6, 6.07) is 3.67. The van der Waals surface area contributed by atoms with Crippen LogP contribution in [0.15, 0.2) is 18.3 Å². The summed E-state index contributed by atoms with van der Waals surface area (Å²) in [7, 11) is 1.59. The van der Waals surface area contributed by atoms with Crippen LogP contribution in [-0.4, -0.2) is 35.6 Å². The maximum Gasteiger partial charge on any atom is 0.220 e. The number of hydrogen-bond acceptors (Lipinski definition) is 6. The first-order valence-electron chi connectivity index (χ1n) is 8.69. The minimum absolute atomic E-state index is 0.0102. The molecule has 7 nitrogen and oxygen atoms in total. The van der Waals surface area contributed by atoms with Crippen LogP contribution in [-0.2, 0) is 4.79 Å². The maximum absolute atomic E-state index is 11.4. The Hall–Kier alpha value is -2.57. The fraction of sp³-hybridized carbons (Fsp3) is 0.500. The van der Waals surface area contributed by atoms with E-state index in [0.29, 0.717) is 17.3 Å². The van der Waals surface area contributed by atoms with Crippen molar-refractivity contribution in [2.24, 2.45) is 17.6 Å². The molecule has 1 atom stereocenters. The molecule has 1 amide bonds. The number of aromatic nitrogens is 2. The van der Waals surface area contributed by atoms with Gasteiger partial charge in [-0.15, -0.1) is 0 Å². The van der Waals surface area contributed by atoms with Gasteiger partial charge in [0.15, 0.2) is 5.75 Å². The van der Waals surface area contributed by atoms with Crippen molar-refractivity contribution in [3.05, 3.63) is 18.3 Å². The van der Waals surface area contributed by atoms with Crippen molar-refractivity contribution in [3.8, 4) is 11.6 Å². The number of carbonyl (C=O) groups is 1. The number of carbonyl (C=O) groups excluding carboxylic acids is 1. The highest BCUT2D eigenvalue weighted by molar-refractivity contribution is 5.87. The molecule has 1 fully saturated rings. The van der Waals surface area contributed by atoms with E-state index < -0.39 is 0 Å². The number of nitrogens with two attached hydrogens (primary N) is 1. The van der Waals surface area contributed by atoms with Gasteiger partial charge in [-0.2, -0.15) is 0 Å². The average molecular weight is 342 g/mol. The first kappa shape index (κ1) is 15.9. The van der Waals surface area contributed by atoms with E-state index in [4.69, 9.17) is 15.2 Å². The molecular weight excluding hydrogens is 320 g/mol. The number of fused-ring (bicyclic) bond motifs is 3. The van der Waals surface area contributed by atoms with Crippen LogP contribution in [0.4, 0.5) is 5.69 Å². The molecule has 1 unspecified atom stereocenters. The molecule has 7 heteroatoms. The Morgan fingerprint density at radius 1 is 1.32 bits per heavy atom. The maximum atomic E-state index is 11.4. The lowest BCUT2D eigenvalue weighted by Gasteiger charge is -2.36. The van der Waals surface area contributed by atoms with Crippen LogP contribution in [0, 0.1) is 11.8 Å². The van der Waals surface area contributed by atoms with Gasteiger partial charge in [-0.1, -0.05) is 0 Å². The summed E-state index contributed by atoms with van der Waals surface area (Å²) in [6.07, 6.45) is 5.43. The third-order valence-corrected chi connectivity index (χ3v) is 5.31. The molecule has 3 N–H and O–H groups in total. The Morgan fingerprint density at radius 3 is 2.84 bits per heavy atom. The van der Waals surface area contributed by atoms with Gasteiger partial charge < -0.3 is 20.5 Å². The number of amides is 1. The second kappa shape index (κ2) is 6.38. The molecule has 3 heterocycles. The second-order valence-corrected chi connectivity index (χ2v) is 6.77. The average Bonchev–Trinajstić information content (AvgIpc) is 2.67. The number of rotatable bonds is 3. The Bertz CT molecular complexity index is 797. The molecular formula is C18H22N4O3. The number of hydrogen-bond donors (Lipinski definition) is 2. The Labute approximate surface area is 145 Å². The van der Waals surface area contributed by atoms with Crippen molar-refractivity contribution in [2.75, 3.05) is 19.0 Å². The summed E-state index contributed by atoms with van der Waals surface area (Å²) in [5.41, 5.74) is 7.78. The zero-order valence-electron chi connectivity index (χ0n) is 14.2. The van der Waals surface area contributed by atoms with E-state index in [1.54, 1.807) is 19.4 Å². The van der Waals surface area contributed by atoms with Crippen LogP contribution in [0.3, 0.4) is 0 Å². The molecule has 1 aliphatic carbocycles. The highest BCUT2D eigenvalue weighted by atomic mass is 16.5. The summed E-state index contributed by atoms with van der Waals surface area (Å²) in [5, 5.41) is 3.41. The van der Waals surface area contributed by atoms with Crippen LogP contribution in [0.25, 0.3) is 11.0 Å². The molecule has 0 aromatic carbocycles. The summed E-state index contributed by atoms with van der Waals surface area (Å²) >= 11 is 0. The smallest absolute Gasteiger partial charge is 0.220 e. The third kappa shape index (κ3) is 2.94. The van der Waals surface area contributed by atoms with E-state index in [1.807, 2.05) is 6.07 Å². The fourth-order valence-electron chi connectivity index (χ4n) is 3.83. The van der Waals surface area contributed by atoms with Gasteiger partial charge in [-0.05, 0) is 37.7 Å². The molecule has 132 valence electrons. The van der Waals surface area contributed by atoms with Crippen LogP contribution < -0.4 is 20.5 Å². The number of nitrogens with zero attached hydrogens (tertiary/aromatic N) is 2. The van der Waals surface area contributed by atoms with Gasteiger partial charge in [0.1, 0.15) is 11.6 Å². The van der Waals surface area contributed by atoms with Gasteiger partial charge in [-0.25, -0.2) is 4.98 Å². The summed E-state index contributed by atoms with van der Waals surface area (Å²) < 4.78 is 11.6. The summed E-state index contributed by atoms with van der Waals surface area (Å²) in [5.74, 6) is 1.51. The highest BCUT2D eigenvalue weighted by Crippen LogP contribution is 2.39. The molecule has 4 rings (SSSR count). The molecule has 0 saturated heterocycles. The van der Waals surface area contributed by atoms with Gasteiger partial charge in [0.05, 0.1) is 31.1 Å². The predicted octanol–water partition coefficient (Wildman–Crippen LogP) is 2.10. The second-order valence-electron chi connectivity index (χ2n) is 6.77. The van der Waals surface area contributed by atoms with E-state index in [9.17, 15) is 4.79 Å². The molecule has 1 saturated carbocycles. The number of pyridine rings is 2. The van der Waals surface area contributed by atoms with Crippen LogP contribution in [0.5, 0.6) is 11.6 Å². The quantitative estimate of drug-likeness (QED) is 0.886. The van der Waals surface area contributed by atoms with E-state index in [1.165, 1.54) is 0 Å². The van der Waals surface area contributed by atoms with Crippen molar-refractivity contribution < 1.29 is 14.3 Å². The van der Waals surface area contributed by atoms with Crippen molar-refractivity contribution in [1.29, 1.82) is 0 Å². The fourth-order valence-corrected chi connectivity index (χ4v) is 3.83. The lowest BCUT2D eigenvalue weighted by atomic mass is 9.79. The number of methoxy groups -OCH3 is 1. The molecule has 2 aliphatic rings. The normalized spacial score (nSPS) is 25.6. The topological polar surface area (TPSA) is 99.4 Å². The largest absolute Gasteiger partial charge is 0.484 e. The van der Waals surface area contributed by atoms with Crippen molar-refractivity contribution in [2.45, 2.75) is 31.8 Å². The Balaban J connectivity index is 1.58. The summed E-state index contributed by atoms with van der Waals surface area (Å²) in [4.78, 5) is 20.3. The minimum atomic E-state index is -0.181. The molecule has 0 spiro atoms. The minimum Gasteiger partial charge on any atom is -0.484 e. The Kier molecular flexibility index (Phi) is 4.07. The first-order valence-corrected chi connectivity index (χ1v) is 8.69. The zero-order chi connectivity index (χ0) is 17.4. The van der Waals surface area contributed by atoms with E-state index in [-0.39, 0.29) is 17.9 Å². The van der Waals surface area contributed by atoms with Crippen molar-refractivity contribution in [3.63, 3.8) is 0 Å². The molecule has 2 aromatic heterocycles. The lowest BCUT2D eigenvalue weighted by Crippen LogP contribution is -2.40. The SMILES string of the molecule is COc1ccc2ncc3c(c2n1)OC([C@H]1CC[C@H](C(N)=O)CC1)CN3. The van der Waals surface area contributed by atoms with Gasteiger partial charge in [0.25, 0.3) is 0 Å². The summed E-state index contributed by atoms with van der Waals surface area (Å²) in [6.45, 7) is 0.732. The van der Waals surface area contributed by atoms with Crippen LogP contribution in [0.2, 0.25) is 0 Å². The number of primary amides is 1. The predicted molar refractivity (Wildman–Crippen MR) is 93.6 cm³/mol. The third-order valence-electron chi connectivity index (χ3n) is 5.31. The highest BCUT2D eigenvalue weighted by Gasteiger charge is 2.33.